The van der Waals surface area contributed by atoms with Crippen LogP contribution in [0.1, 0.15) is 48.0 Å². The standard InChI is InChI=1S/C12H29N3/c1-8(7-12(4,5)6)9(2)10(3)15-11(13)14/h8-11,15H,7,13-14H2,1-6H3/t8?,9-,10?/m0/s1. The second-order valence-electron chi connectivity index (χ2n) is 6.08. The van der Waals surface area contributed by atoms with Crippen LogP contribution in [-0.4, -0.2) is 12.3 Å². The summed E-state index contributed by atoms with van der Waals surface area (Å²) in [6, 6.07) is 0.363. The van der Waals surface area contributed by atoms with Gasteiger partial charge in [-0.25, -0.2) is 0 Å². The summed E-state index contributed by atoms with van der Waals surface area (Å²) in [6.07, 6.45) is 0.810. The maximum Gasteiger partial charge on any atom is 0.107 e. The Kier molecular flexibility index (Phi) is 5.78. The Bertz CT molecular complexity index is 172. The lowest BCUT2D eigenvalue weighted by molar-refractivity contribution is 0.209. The molecular formula is C12H29N3. The van der Waals surface area contributed by atoms with Gasteiger partial charge in [0.05, 0.1) is 0 Å². The van der Waals surface area contributed by atoms with Gasteiger partial charge in [0, 0.05) is 6.04 Å². The molecule has 0 saturated heterocycles. The van der Waals surface area contributed by atoms with Crippen LogP contribution in [0.4, 0.5) is 0 Å². The van der Waals surface area contributed by atoms with Crippen molar-refractivity contribution in [3.63, 3.8) is 0 Å². The molecule has 0 fully saturated rings. The lowest BCUT2D eigenvalue weighted by Crippen LogP contribution is -2.51. The highest BCUT2D eigenvalue weighted by Crippen LogP contribution is 2.29. The van der Waals surface area contributed by atoms with Crippen molar-refractivity contribution in [1.29, 1.82) is 0 Å². The van der Waals surface area contributed by atoms with Crippen LogP contribution in [0.2, 0.25) is 0 Å². The van der Waals surface area contributed by atoms with E-state index in [1.165, 1.54) is 6.42 Å². The summed E-state index contributed by atoms with van der Waals surface area (Å²) < 4.78 is 0. The van der Waals surface area contributed by atoms with E-state index in [4.69, 9.17) is 11.5 Å². The molecule has 2 unspecified atom stereocenters. The number of rotatable bonds is 5. The minimum Gasteiger partial charge on any atom is -0.304 e. The van der Waals surface area contributed by atoms with Gasteiger partial charge in [-0.3, -0.25) is 5.32 Å². The van der Waals surface area contributed by atoms with E-state index in [-0.39, 0.29) is 0 Å². The Morgan fingerprint density at radius 3 is 1.87 bits per heavy atom. The zero-order valence-corrected chi connectivity index (χ0v) is 11.2. The third kappa shape index (κ3) is 6.88. The minimum absolute atomic E-state index is 0.363. The summed E-state index contributed by atoms with van der Waals surface area (Å²) in [5.74, 6) is 1.25. The summed E-state index contributed by atoms with van der Waals surface area (Å²) in [6.45, 7) is 13.6. The van der Waals surface area contributed by atoms with Crippen LogP contribution >= 0.6 is 0 Å². The molecule has 0 radical (unpaired) electrons. The first-order valence-corrected chi connectivity index (χ1v) is 5.90. The molecule has 0 aliphatic rings. The van der Waals surface area contributed by atoms with Gasteiger partial charge < -0.3 is 11.5 Å². The van der Waals surface area contributed by atoms with Crippen LogP contribution in [0.15, 0.2) is 0 Å². The van der Waals surface area contributed by atoms with Gasteiger partial charge in [0.25, 0.3) is 0 Å². The predicted molar refractivity (Wildman–Crippen MR) is 67.2 cm³/mol. The molecule has 92 valence electrons. The smallest absolute Gasteiger partial charge is 0.107 e. The number of nitrogens with one attached hydrogen (secondary N) is 1. The van der Waals surface area contributed by atoms with Gasteiger partial charge >= 0.3 is 0 Å². The molecule has 5 N–H and O–H groups in total. The second-order valence-corrected chi connectivity index (χ2v) is 6.08. The Hall–Kier alpha value is -0.120. The monoisotopic (exact) mass is 215 g/mol. The SMILES string of the molecule is CC(CC(C)(C)C)[C@H](C)C(C)NC(N)N. The van der Waals surface area contributed by atoms with Gasteiger partial charge in [-0.05, 0) is 30.6 Å². The zero-order valence-electron chi connectivity index (χ0n) is 11.2. The highest BCUT2D eigenvalue weighted by atomic mass is 15.2. The average molecular weight is 215 g/mol. The maximum absolute atomic E-state index is 5.53. The van der Waals surface area contributed by atoms with Crippen LogP contribution in [-0.2, 0) is 0 Å². The Morgan fingerprint density at radius 1 is 1.07 bits per heavy atom. The number of hydrogen-bond donors (Lipinski definition) is 3. The first kappa shape index (κ1) is 14.9. The fourth-order valence-electron chi connectivity index (χ4n) is 2.10. The summed E-state index contributed by atoms with van der Waals surface area (Å²) in [7, 11) is 0. The molecule has 0 aromatic rings. The van der Waals surface area contributed by atoms with Crippen LogP contribution in [0.3, 0.4) is 0 Å². The van der Waals surface area contributed by atoms with E-state index in [1.54, 1.807) is 0 Å². The van der Waals surface area contributed by atoms with Crippen molar-refractivity contribution in [3.8, 4) is 0 Å². The molecule has 0 heterocycles. The molecule has 0 bridgehead atoms. The quantitative estimate of drug-likeness (QED) is 0.614. The van der Waals surface area contributed by atoms with E-state index in [0.29, 0.717) is 23.3 Å². The molecule has 15 heavy (non-hydrogen) atoms. The van der Waals surface area contributed by atoms with E-state index in [1.807, 2.05) is 0 Å². The van der Waals surface area contributed by atoms with Crippen LogP contribution in [0.25, 0.3) is 0 Å². The van der Waals surface area contributed by atoms with Crippen molar-refractivity contribution in [3.05, 3.63) is 0 Å². The van der Waals surface area contributed by atoms with Gasteiger partial charge in [-0.15, -0.1) is 0 Å². The first-order chi connectivity index (χ1) is 6.63. The van der Waals surface area contributed by atoms with E-state index < -0.39 is 6.29 Å². The molecule has 3 nitrogen and oxygen atoms in total. The topological polar surface area (TPSA) is 64.1 Å². The van der Waals surface area contributed by atoms with Crippen LogP contribution < -0.4 is 16.8 Å². The summed E-state index contributed by atoms with van der Waals surface area (Å²) in [4.78, 5) is 0. The van der Waals surface area contributed by atoms with Gasteiger partial charge in [-0.1, -0.05) is 34.6 Å². The molecular weight excluding hydrogens is 186 g/mol. The Balaban J connectivity index is 4.13. The molecule has 0 rings (SSSR count). The Labute approximate surface area is 95.0 Å². The third-order valence-corrected chi connectivity index (χ3v) is 3.08. The van der Waals surface area contributed by atoms with Crippen molar-refractivity contribution < 1.29 is 0 Å². The van der Waals surface area contributed by atoms with Gasteiger partial charge in [-0.2, -0.15) is 0 Å². The van der Waals surface area contributed by atoms with Crippen molar-refractivity contribution in [2.24, 2.45) is 28.7 Å². The fraction of sp³-hybridized carbons (Fsp3) is 1.00. The summed E-state index contributed by atoms with van der Waals surface area (Å²) in [5, 5.41) is 3.16. The van der Waals surface area contributed by atoms with E-state index in [0.717, 1.165) is 0 Å². The number of nitrogens with two attached hydrogens (primary N) is 2. The van der Waals surface area contributed by atoms with E-state index in [2.05, 4.69) is 46.9 Å². The zero-order chi connectivity index (χ0) is 12.2. The normalized spacial score (nSPS) is 19.0. The summed E-state index contributed by atoms with van der Waals surface area (Å²) in [5.41, 5.74) is 11.4. The molecule has 0 saturated carbocycles. The van der Waals surface area contributed by atoms with Gasteiger partial charge in [0.1, 0.15) is 6.29 Å². The lowest BCUT2D eigenvalue weighted by atomic mass is 9.78. The predicted octanol–water partition coefficient (Wildman–Crippen LogP) is 1.87. The molecule has 3 heteroatoms. The van der Waals surface area contributed by atoms with E-state index in [9.17, 15) is 0 Å². The number of hydrogen-bond acceptors (Lipinski definition) is 3. The summed E-state index contributed by atoms with van der Waals surface area (Å²) >= 11 is 0. The molecule has 0 aliphatic carbocycles. The maximum atomic E-state index is 5.53. The largest absolute Gasteiger partial charge is 0.304 e. The molecule has 0 aromatic carbocycles. The molecule has 0 aliphatic heterocycles. The van der Waals surface area contributed by atoms with Gasteiger partial charge in [0.2, 0.25) is 0 Å². The van der Waals surface area contributed by atoms with Crippen LogP contribution in [0, 0.1) is 17.3 Å². The molecule has 0 spiro atoms. The third-order valence-electron chi connectivity index (χ3n) is 3.08. The molecule has 0 amide bonds. The molecule has 0 aromatic heterocycles. The van der Waals surface area contributed by atoms with Crippen molar-refractivity contribution >= 4 is 0 Å². The lowest BCUT2D eigenvalue weighted by Gasteiger charge is -2.32. The Morgan fingerprint density at radius 2 is 1.53 bits per heavy atom. The van der Waals surface area contributed by atoms with Gasteiger partial charge in [0.15, 0.2) is 0 Å². The van der Waals surface area contributed by atoms with Crippen molar-refractivity contribution in [2.75, 3.05) is 0 Å². The van der Waals surface area contributed by atoms with E-state index >= 15 is 0 Å². The van der Waals surface area contributed by atoms with Crippen molar-refractivity contribution in [1.82, 2.24) is 5.32 Å². The highest BCUT2D eigenvalue weighted by molar-refractivity contribution is 4.77. The van der Waals surface area contributed by atoms with Crippen LogP contribution in [0.5, 0.6) is 0 Å². The highest BCUT2D eigenvalue weighted by Gasteiger charge is 2.23. The average Bonchev–Trinajstić information content (AvgIpc) is 1.98. The first-order valence-electron chi connectivity index (χ1n) is 5.90. The molecule has 3 atom stereocenters. The fourth-order valence-corrected chi connectivity index (χ4v) is 2.10. The minimum atomic E-state index is -0.413. The second kappa shape index (κ2) is 5.83. The van der Waals surface area contributed by atoms with Crippen molar-refractivity contribution in [2.45, 2.75) is 60.3 Å².